The lowest BCUT2D eigenvalue weighted by Gasteiger charge is -2.12. The van der Waals surface area contributed by atoms with E-state index in [1.165, 1.54) is 4.90 Å². The van der Waals surface area contributed by atoms with Gasteiger partial charge in [0.25, 0.3) is 5.91 Å². The first kappa shape index (κ1) is 10.6. The molecule has 4 nitrogen and oxygen atoms in total. The number of rotatable bonds is 2. The van der Waals surface area contributed by atoms with Crippen LogP contribution in [0.4, 0.5) is 10.5 Å². The molecule has 1 aliphatic heterocycles. The van der Waals surface area contributed by atoms with Gasteiger partial charge in [0, 0.05) is 5.02 Å². The van der Waals surface area contributed by atoms with Gasteiger partial charge in [-0.2, -0.15) is 0 Å². The third-order valence-electron chi connectivity index (χ3n) is 3.13. The number of urea groups is 1. The van der Waals surface area contributed by atoms with E-state index in [1.807, 2.05) is 0 Å². The molecule has 3 rings (SSSR count). The zero-order valence-corrected chi connectivity index (χ0v) is 9.78. The SMILES string of the molecule is O=C1NC(C2CC2)C(=O)N1c1cccc(Cl)c1. The average molecular weight is 251 g/mol. The summed E-state index contributed by atoms with van der Waals surface area (Å²) in [6.45, 7) is 0. The number of carbonyl (C=O) groups excluding carboxylic acids is 2. The van der Waals surface area contributed by atoms with Crippen LogP contribution in [0.25, 0.3) is 0 Å². The van der Waals surface area contributed by atoms with Crippen LogP contribution in [0.2, 0.25) is 5.02 Å². The Morgan fingerprint density at radius 2 is 2.06 bits per heavy atom. The van der Waals surface area contributed by atoms with Crippen molar-refractivity contribution < 1.29 is 9.59 Å². The molecule has 1 heterocycles. The predicted molar refractivity (Wildman–Crippen MR) is 64.0 cm³/mol. The van der Waals surface area contributed by atoms with Gasteiger partial charge in [-0.1, -0.05) is 17.7 Å². The normalized spacial score (nSPS) is 24.1. The van der Waals surface area contributed by atoms with Gasteiger partial charge in [-0.15, -0.1) is 0 Å². The lowest BCUT2D eigenvalue weighted by Crippen LogP contribution is -2.32. The van der Waals surface area contributed by atoms with Crippen molar-refractivity contribution in [1.29, 1.82) is 0 Å². The molecular weight excluding hydrogens is 240 g/mol. The third kappa shape index (κ3) is 1.78. The van der Waals surface area contributed by atoms with Crippen molar-refractivity contribution in [2.45, 2.75) is 18.9 Å². The van der Waals surface area contributed by atoms with Gasteiger partial charge in [0.05, 0.1) is 5.69 Å². The molecule has 2 aliphatic rings. The van der Waals surface area contributed by atoms with Crippen LogP contribution in [0.3, 0.4) is 0 Å². The van der Waals surface area contributed by atoms with E-state index in [0.29, 0.717) is 16.6 Å². The van der Waals surface area contributed by atoms with Crippen LogP contribution in [-0.4, -0.2) is 18.0 Å². The second-order valence-electron chi connectivity index (χ2n) is 4.42. The standard InChI is InChI=1S/C12H11ClN2O2/c13-8-2-1-3-9(6-8)15-11(16)10(7-4-5-7)14-12(15)17/h1-3,6-7,10H,4-5H2,(H,14,17). The number of nitrogens with zero attached hydrogens (tertiary/aromatic N) is 1. The second kappa shape index (κ2) is 3.74. The number of hydrogen-bond acceptors (Lipinski definition) is 2. The fourth-order valence-electron chi connectivity index (χ4n) is 2.11. The summed E-state index contributed by atoms with van der Waals surface area (Å²) in [7, 11) is 0. The molecule has 1 aromatic rings. The molecule has 1 saturated heterocycles. The Kier molecular flexibility index (Phi) is 2.33. The first-order valence-corrected chi connectivity index (χ1v) is 5.94. The Balaban J connectivity index is 1.92. The van der Waals surface area contributed by atoms with Crippen LogP contribution in [-0.2, 0) is 4.79 Å². The Hall–Kier alpha value is -1.55. The molecule has 5 heteroatoms. The highest BCUT2D eigenvalue weighted by Gasteiger charge is 2.46. The largest absolute Gasteiger partial charge is 0.329 e. The molecule has 1 unspecified atom stereocenters. The summed E-state index contributed by atoms with van der Waals surface area (Å²) in [5, 5.41) is 3.24. The average Bonchev–Trinajstić information content (AvgIpc) is 3.06. The third-order valence-corrected chi connectivity index (χ3v) is 3.36. The number of nitrogens with one attached hydrogen (secondary N) is 1. The Morgan fingerprint density at radius 3 is 2.71 bits per heavy atom. The quantitative estimate of drug-likeness (QED) is 0.818. The molecule has 1 atom stereocenters. The minimum Gasteiger partial charge on any atom is -0.325 e. The van der Waals surface area contributed by atoms with E-state index in [9.17, 15) is 9.59 Å². The Bertz CT molecular complexity index is 499. The molecule has 1 N–H and O–H groups in total. The number of hydrogen-bond donors (Lipinski definition) is 1. The van der Waals surface area contributed by atoms with E-state index < -0.39 is 0 Å². The van der Waals surface area contributed by atoms with Crippen LogP contribution < -0.4 is 10.2 Å². The summed E-state index contributed by atoms with van der Waals surface area (Å²) in [5.41, 5.74) is 0.531. The van der Waals surface area contributed by atoms with E-state index in [-0.39, 0.29) is 18.0 Å². The first-order valence-electron chi connectivity index (χ1n) is 5.57. The molecule has 17 heavy (non-hydrogen) atoms. The summed E-state index contributed by atoms with van der Waals surface area (Å²) < 4.78 is 0. The minimum atomic E-state index is -0.353. The van der Waals surface area contributed by atoms with Crippen molar-refractivity contribution in [1.82, 2.24) is 5.32 Å². The number of benzene rings is 1. The zero-order valence-electron chi connectivity index (χ0n) is 9.02. The van der Waals surface area contributed by atoms with E-state index >= 15 is 0 Å². The summed E-state index contributed by atoms with van der Waals surface area (Å²) in [5.74, 6) is 0.149. The number of carbonyl (C=O) groups is 2. The molecular formula is C12H11ClN2O2. The van der Waals surface area contributed by atoms with E-state index in [2.05, 4.69) is 5.32 Å². The Morgan fingerprint density at radius 1 is 1.29 bits per heavy atom. The molecule has 0 spiro atoms. The van der Waals surface area contributed by atoms with Crippen LogP contribution in [0.1, 0.15) is 12.8 Å². The smallest absolute Gasteiger partial charge is 0.325 e. The van der Waals surface area contributed by atoms with Gasteiger partial charge in [0.15, 0.2) is 0 Å². The molecule has 1 aromatic carbocycles. The van der Waals surface area contributed by atoms with Crippen molar-refractivity contribution in [2.75, 3.05) is 4.90 Å². The van der Waals surface area contributed by atoms with Crippen molar-refractivity contribution in [3.05, 3.63) is 29.3 Å². The highest BCUT2D eigenvalue weighted by atomic mass is 35.5. The van der Waals surface area contributed by atoms with Gasteiger partial charge in [-0.05, 0) is 37.0 Å². The molecule has 0 aromatic heterocycles. The molecule has 0 bridgehead atoms. The Labute approximate surface area is 104 Å². The van der Waals surface area contributed by atoms with Crippen LogP contribution in [0, 0.1) is 5.92 Å². The van der Waals surface area contributed by atoms with Crippen molar-refractivity contribution in [3.63, 3.8) is 0 Å². The summed E-state index contributed by atoms with van der Waals surface area (Å²) in [6, 6.07) is 6.06. The van der Waals surface area contributed by atoms with Crippen molar-refractivity contribution in [2.24, 2.45) is 5.92 Å². The molecule has 2 fully saturated rings. The van der Waals surface area contributed by atoms with Crippen LogP contribution in [0.15, 0.2) is 24.3 Å². The predicted octanol–water partition coefficient (Wildman–Crippen LogP) is 2.17. The van der Waals surface area contributed by atoms with E-state index in [1.54, 1.807) is 24.3 Å². The summed E-state index contributed by atoms with van der Waals surface area (Å²) in [4.78, 5) is 25.1. The number of imide groups is 1. The number of anilines is 1. The fourth-order valence-corrected chi connectivity index (χ4v) is 2.29. The van der Waals surface area contributed by atoms with Crippen molar-refractivity contribution in [3.8, 4) is 0 Å². The molecule has 88 valence electrons. The highest BCUT2D eigenvalue weighted by molar-refractivity contribution is 6.31. The van der Waals surface area contributed by atoms with Crippen LogP contribution >= 0.6 is 11.6 Å². The van der Waals surface area contributed by atoms with Gasteiger partial charge in [0.2, 0.25) is 0 Å². The van der Waals surface area contributed by atoms with Crippen molar-refractivity contribution >= 4 is 29.2 Å². The minimum absolute atomic E-state index is 0.167. The maximum atomic E-state index is 12.1. The van der Waals surface area contributed by atoms with Gasteiger partial charge in [0.1, 0.15) is 6.04 Å². The highest BCUT2D eigenvalue weighted by Crippen LogP contribution is 2.36. The van der Waals surface area contributed by atoms with Gasteiger partial charge in [-0.3, -0.25) is 4.79 Å². The van der Waals surface area contributed by atoms with Crippen LogP contribution in [0.5, 0.6) is 0 Å². The summed E-state index contributed by atoms with van der Waals surface area (Å²) >= 11 is 5.86. The molecule has 1 aliphatic carbocycles. The molecule has 3 amide bonds. The van der Waals surface area contributed by atoms with Gasteiger partial charge < -0.3 is 5.32 Å². The topological polar surface area (TPSA) is 49.4 Å². The number of halogens is 1. The first-order chi connectivity index (χ1) is 8.16. The maximum Gasteiger partial charge on any atom is 0.329 e. The molecule has 0 radical (unpaired) electrons. The van der Waals surface area contributed by atoms with E-state index in [4.69, 9.17) is 11.6 Å². The summed E-state index contributed by atoms with van der Waals surface area (Å²) in [6.07, 6.45) is 2.03. The fraction of sp³-hybridized carbons (Fsp3) is 0.333. The lowest BCUT2D eigenvalue weighted by molar-refractivity contribution is -0.118. The number of amides is 3. The zero-order chi connectivity index (χ0) is 12.0. The van der Waals surface area contributed by atoms with Gasteiger partial charge in [-0.25, -0.2) is 9.69 Å². The maximum absolute atomic E-state index is 12.1. The monoisotopic (exact) mass is 250 g/mol. The second-order valence-corrected chi connectivity index (χ2v) is 4.85. The lowest BCUT2D eigenvalue weighted by atomic mass is 10.2. The van der Waals surface area contributed by atoms with Gasteiger partial charge >= 0.3 is 6.03 Å². The van der Waals surface area contributed by atoms with E-state index in [0.717, 1.165) is 12.8 Å². The molecule has 1 saturated carbocycles.